The van der Waals surface area contributed by atoms with Gasteiger partial charge in [-0.3, -0.25) is 0 Å². The summed E-state index contributed by atoms with van der Waals surface area (Å²) >= 11 is 17.8. The fourth-order valence-electron chi connectivity index (χ4n) is 2.66. The van der Waals surface area contributed by atoms with Crippen LogP contribution < -0.4 is 14.8 Å². The first-order valence-electron chi connectivity index (χ1n) is 9.01. The third-order valence-electron chi connectivity index (χ3n) is 4.13. The van der Waals surface area contributed by atoms with Crippen LogP contribution in [0.4, 0.5) is 5.69 Å². The standard InChI is InChI=1S/C22H20Cl3NO3/c1-2-28-21-9-15(12-26-17-10-18(24)22(27)19(25)11-17)5-8-20(21)29-13-14-3-6-16(23)7-4-14/h3-11,26-27H,2,12-13H2,1H3. The van der Waals surface area contributed by atoms with Crippen molar-refractivity contribution in [2.24, 2.45) is 0 Å². The normalized spacial score (nSPS) is 10.6. The molecular weight excluding hydrogens is 433 g/mol. The number of rotatable bonds is 8. The smallest absolute Gasteiger partial charge is 0.161 e. The van der Waals surface area contributed by atoms with Crippen LogP contribution in [0.5, 0.6) is 17.2 Å². The predicted molar refractivity (Wildman–Crippen MR) is 119 cm³/mol. The molecule has 0 saturated heterocycles. The Balaban J connectivity index is 1.69. The summed E-state index contributed by atoms with van der Waals surface area (Å²) in [5, 5.41) is 14.0. The monoisotopic (exact) mass is 451 g/mol. The van der Waals surface area contributed by atoms with E-state index in [1.807, 2.05) is 49.4 Å². The Labute approximate surface area is 184 Å². The average molecular weight is 453 g/mol. The molecule has 0 aliphatic heterocycles. The molecule has 0 fully saturated rings. The Morgan fingerprint density at radius 1 is 0.828 bits per heavy atom. The zero-order chi connectivity index (χ0) is 20.8. The third-order valence-corrected chi connectivity index (χ3v) is 4.96. The van der Waals surface area contributed by atoms with Gasteiger partial charge in [0, 0.05) is 17.3 Å². The Bertz CT molecular complexity index is 955. The minimum atomic E-state index is -0.125. The van der Waals surface area contributed by atoms with Crippen molar-refractivity contribution in [2.75, 3.05) is 11.9 Å². The first-order chi connectivity index (χ1) is 14.0. The molecule has 0 unspecified atom stereocenters. The van der Waals surface area contributed by atoms with Crippen molar-refractivity contribution in [3.63, 3.8) is 0 Å². The molecule has 4 nitrogen and oxygen atoms in total. The number of hydrogen-bond acceptors (Lipinski definition) is 4. The van der Waals surface area contributed by atoms with Gasteiger partial charge in [0.25, 0.3) is 0 Å². The largest absolute Gasteiger partial charge is 0.505 e. The van der Waals surface area contributed by atoms with Crippen molar-refractivity contribution in [1.82, 2.24) is 0 Å². The number of anilines is 1. The molecule has 152 valence electrons. The molecule has 0 amide bonds. The Morgan fingerprint density at radius 3 is 2.14 bits per heavy atom. The second-order valence-corrected chi connectivity index (χ2v) is 7.52. The van der Waals surface area contributed by atoms with Gasteiger partial charge in [-0.05, 0) is 54.4 Å². The highest BCUT2D eigenvalue weighted by Gasteiger charge is 2.09. The van der Waals surface area contributed by atoms with E-state index in [1.54, 1.807) is 12.1 Å². The maximum atomic E-state index is 9.66. The van der Waals surface area contributed by atoms with Gasteiger partial charge in [-0.15, -0.1) is 0 Å². The van der Waals surface area contributed by atoms with Crippen LogP contribution in [0.15, 0.2) is 54.6 Å². The fraction of sp³-hybridized carbons (Fsp3) is 0.182. The number of halogens is 3. The third kappa shape index (κ3) is 5.86. The lowest BCUT2D eigenvalue weighted by Gasteiger charge is -2.14. The molecular formula is C22H20Cl3NO3. The highest BCUT2D eigenvalue weighted by atomic mass is 35.5. The van der Waals surface area contributed by atoms with Crippen LogP contribution in [0, 0.1) is 0 Å². The lowest BCUT2D eigenvalue weighted by atomic mass is 10.2. The average Bonchev–Trinajstić information content (AvgIpc) is 2.71. The molecule has 0 radical (unpaired) electrons. The summed E-state index contributed by atoms with van der Waals surface area (Å²) in [5.74, 6) is 1.21. The van der Waals surface area contributed by atoms with Crippen LogP contribution in [-0.2, 0) is 13.2 Å². The molecule has 0 saturated carbocycles. The van der Waals surface area contributed by atoms with Gasteiger partial charge in [0.15, 0.2) is 17.2 Å². The SMILES string of the molecule is CCOc1cc(CNc2cc(Cl)c(O)c(Cl)c2)ccc1OCc1ccc(Cl)cc1. The van der Waals surface area contributed by atoms with E-state index in [4.69, 9.17) is 44.3 Å². The lowest BCUT2D eigenvalue weighted by Crippen LogP contribution is -2.03. The number of ether oxygens (including phenoxy) is 2. The van der Waals surface area contributed by atoms with Crippen LogP contribution >= 0.6 is 34.8 Å². The molecule has 0 spiro atoms. The molecule has 0 aliphatic rings. The van der Waals surface area contributed by atoms with Gasteiger partial charge in [0.1, 0.15) is 6.61 Å². The molecule has 2 N–H and O–H groups in total. The zero-order valence-electron chi connectivity index (χ0n) is 15.7. The van der Waals surface area contributed by atoms with E-state index in [1.165, 1.54) is 0 Å². The molecule has 3 aromatic rings. The number of phenolic OH excluding ortho intramolecular Hbond substituents is 1. The van der Waals surface area contributed by atoms with Gasteiger partial charge < -0.3 is 19.9 Å². The van der Waals surface area contributed by atoms with Crippen molar-refractivity contribution < 1.29 is 14.6 Å². The van der Waals surface area contributed by atoms with Crippen LogP contribution in [0.1, 0.15) is 18.1 Å². The summed E-state index contributed by atoms with van der Waals surface area (Å²) in [7, 11) is 0. The number of phenols is 1. The summed E-state index contributed by atoms with van der Waals surface area (Å²) in [6.45, 7) is 3.39. The Morgan fingerprint density at radius 2 is 1.48 bits per heavy atom. The van der Waals surface area contributed by atoms with Gasteiger partial charge in [-0.1, -0.05) is 53.0 Å². The predicted octanol–water partition coefficient (Wildman–Crippen LogP) is 6.94. The topological polar surface area (TPSA) is 50.7 Å². The zero-order valence-corrected chi connectivity index (χ0v) is 18.0. The highest BCUT2D eigenvalue weighted by Crippen LogP contribution is 2.35. The van der Waals surface area contributed by atoms with Gasteiger partial charge in [-0.25, -0.2) is 0 Å². The van der Waals surface area contributed by atoms with Crippen molar-refractivity contribution in [3.8, 4) is 17.2 Å². The molecule has 0 atom stereocenters. The van der Waals surface area contributed by atoms with E-state index in [0.29, 0.717) is 42.0 Å². The number of aromatic hydroxyl groups is 1. The van der Waals surface area contributed by atoms with E-state index in [-0.39, 0.29) is 15.8 Å². The van der Waals surface area contributed by atoms with Crippen LogP contribution in [-0.4, -0.2) is 11.7 Å². The van der Waals surface area contributed by atoms with Crippen molar-refractivity contribution >= 4 is 40.5 Å². The Kier molecular flexibility index (Phi) is 7.37. The second kappa shape index (κ2) is 9.97. The highest BCUT2D eigenvalue weighted by molar-refractivity contribution is 6.37. The molecule has 0 aliphatic carbocycles. The molecule has 7 heteroatoms. The van der Waals surface area contributed by atoms with Gasteiger partial charge in [-0.2, -0.15) is 0 Å². The minimum absolute atomic E-state index is 0.125. The van der Waals surface area contributed by atoms with Gasteiger partial charge >= 0.3 is 0 Å². The first-order valence-corrected chi connectivity index (χ1v) is 10.1. The lowest BCUT2D eigenvalue weighted by molar-refractivity contribution is 0.269. The van der Waals surface area contributed by atoms with Gasteiger partial charge in [0.2, 0.25) is 0 Å². The number of nitrogens with one attached hydrogen (secondary N) is 1. The van der Waals surface area contributed by atoms with Crippen LogP contribution in [0.2, 0.25) is 15.1 Å². The minimum Gasteiger partial charge on any atom is -0.505 e. The number of hydrogen-bond donors (Lipinski definition) is 2. The maximum absolute atomic E-state index is 9.66. The summed E-state index contributed by atoms with van der Waals surface area (Å²) in [4.78, 5) is 0. The summed E-state index contributed by atoms with van der Waals surface area (Å²) in [6.07, 6.45) is 0. The van der Waals surface area contributed by atoms with E-state index in [0.717, 1.165) is 11.1 Å². The van der Waals surface area contributed by atoms with E-state index < -0.39 is 0 Å². The van der Waals surface area contributed by atoms with Crippen LogP contribution in [0.25, 0.3) is 0 Å². The molecule has 0 aromatic heterocycles. The van der Waals surface area contributed by atoms with Crippen molar-refractivity contribution in [2.45, 2.75) is 20.1 Å². The quantitative estimate of drug-likeness (QED) is 0.363. The Hall–Kier alpha value is -2.27. The second-order valence-electron chi connectivity index (χ2n) is 6.27. The van der Waals surface area contributed by atoms with Crippen molar-refractivity contribution in [3.05, 3.63) is 80.8 Å². The van der Waals surface area contributed by atoms with Gasteiger partial charge in [0.05, 0.1) is 16.7 Å². The molecule has 3 aromatic carbocycles. The van der Waals surface area contributed by atoms with E-state index in [9.17, 15) is 5.11 Å². The summed E-state index contributed by atoms with van der Waals surface area (Å²) in [6, 6.07) is 16.5. The molecule has 3 rings (SSSR count). The van der Waals surface area contributed by atoms with E-state index >= 15 is 0 Å². The summed E-state index contributed by atoms with van der Waals surface area (Å²) in [5.41, 5.74) is 2.72. The first kappa shape index (κ1) is 21.4. The van der Waals surface area contributed by atoms with Crippen molar-refractivity contribution in [1.29, 1.82) is 0 Å². The molecule has 0 heterocycles. The molecule has 0 bridgehead atoms. The maximum Gasteiger partial charge on any atom is 0.161 e. The van der Waals surface area contributed by atoms with E-state index in [2.05, 4.69) is 5.32 Å². The van der Waals surface area contributed by atoms with Crippen LogP contribution in [0.3, 0.4) is 0 Å². The fourth-order valence-corrected chi connectivity index (χ4v) is 3.28. The summed E-state index contributed by atoms with van der Waals surface area (Å²) < 4.78 is 11.7. The number of benzene rings is 3. The molecule has 29 heavy (non-hydrogen) atoms.